The summed E-state index contributed by atoms with van der Waals surface area (Å²) in [7, 11) is 1.64. The van der Waals surface area contributed by atoms with Gasteiger partial charge in [0.15, 0.2) is 0 Å². The zero-order valence-corrected chi connectivity index (χ0v) is 15.2. The Kier molecular flexibility index (Phi) is 7.73. The number of likely N-dealkylation sites (tertiary alicyclic amines) is 1. The van der Waals surface area contributed by atoms with Gasteiger partial charge < -0.3 is 20.3 Å². The zero-order valence-electron chi connectivity index (χ0n) is 15.2. The number of hydrogen-bond acceptors (Lipinski definition) is 4. The van der Waals surface area contributed by atoms with E-state index < -0.39 is 0 Å². The molecule has 0 spiro atoms. The molecule has 2 amide bonds. The molecular weight excluding hydrogens is 318 g/mol. The molecular formula is C19H29N3O3. The number of nitrogens with zero attached hydrogens (tertiary/aromatic N) is 1. The molecule has 1 aliphatic heterocycles. The minimum absolute atomic E-state index is 0.0690. The maximum absolute atomic E-state index is 12.6. The maximum atomic E-state index is 12.6. The quantitative estimate of drug-likeness (QED) is 0.707. The Labute approximate surface area is 149 Å². The first-order valence-corrected chi connectivity index (χ1v) is 8.99. The Morgan fingerprint density at radius 2 is 2.04 bits per heavy atom. The molecule has 0 atom stereocenters. The van der Waals surface area contributed by atoms with Gasteiger partial charge >= 0.3 is 0 Å². The average molecular weight is 347 g/mol. The van der Waals surface area contributed by atoms with Gasteiger partial charge in [-0.05, 0) is 43.4 Å². The van der Waals surface area contributed by atoms with Crippen LogP contribution in [0.25, 0.3) is 0 Å². The van der Waals surface area contributed by atoms with Crippen molar-refractivity contribution in [2.45, 2.75) is 26.2 Å². The second-order valence-corrected chi connectivity index (χ2v) is 6.61. The Balaban J connectivity index is 1.82. The van der Waals surface area contributed by atoms with E-state index in [1.807, 2.05) is 29.2 Å². The summed E-state index contributed by atoms with van der Waals surface area (Å²) >= 11 is 0. The molecule has 6 heteroatoms. The van der Waals surface area contributed by atoms with Crippen LogP contribution in [0.3, 0.4) is 0 Å². The van der Waals surface area contributed by atoms with Crippen molar-refractivity contribution in [1.29, 1.82) is 0 Å². The summed E-state index contributed by atoms with van der Waals surface area (Å²) in [6.07, 6.45) is 2.92. The summed E-state index contributed by atoms with van der Waals surface area (Å²) in [5, 5.41) is 5.90. The molecule has 138 valence electrons. The number of benzene rings is 1. The van der Waals surface area contributed by atoms with E-state index in [2.05, 4.69) is 17.6 Å². The van der Waals surface area contributed by atoms with E-state index in [0.29, 0.717) is 24.6 Å². The smallest absolute Gasteiger partial charge is 0.253 e. The van der Waals surface area contributed by atoms with Gasteiger partial charge in [0.25, 0.3) is 5.91 Å². The van der Waals surface area contributed by atoms with Crippen LogP contribution in [0.2, 0.25) is 0 Å². The molecule has 6 nitrogen and oxygen atoms in total. The number of carbonyl (C=O) groups excluding carboxylic acids is 2. The number of ether oxygens (including phenoxy) is 1. The third-order valence-electron chi connectivity index (χ3n) is 4.48. The molecule has 2 N–H and O–H groups in total. The minimum Gasteiger partial charge on any atom is -0.385 e. The van der Waals surface area contributed by atoms with E-state index in [-0.39, 0.29) is 18.4 Å². The van der Waals surface area contributed by atoms with Crippen molar-refractivity contribution in [2.75, 3.05) is 45.2 Å². The lowest BCUT2D eigenvalue weighted by molar-refractivity contribution is -0.119. The molecule has 0 saturated carbocycles. The number of piperidine rings is 1. The van der Waals surface area contributed by atoms with E-state index in [4.69, 9.17) is 4.74 Å². The Hall–Kier alpha value is -2.08. The van der Waals surface area contributed by atoms with Crippen LogP contribution in [0.4, 0.5) is 5.69 Å². The molecule has 1 aromatic carbocycles. The Morgan fingerprint density at radius 1 is 1.28 bits per heavy atom. The van der Waals surface area contributed by atoms with Gasteiger partial charge in [0, 0.05) is 44.6 Å². The summed E-state index contributed by atoms with van der Waals surface area (Å²) in [4.78, 5) is 26.3. The van der Waals surface area contributed by atoms with Gasteiger partial charge in [0.2, 0.25) is 5.91 Å². The van der Waals surface area contributed by atoms with Crippen LogP contribution in [-0.2, 0) is 9.53 Å². The molecule has 0 aromatic heterocycles. The van der Waals surface area contributed by atoms with Crippen LogP contribution < -0.4 is 10.6 Å². The van der Waals surface area contributed by atoms with Crippen LogP contribution >= 0.6 is 0 Å². The second-order valence-electron chi connectivity index (χ2n) is 6.61. The summed E-state index contributed by atoms with van der Waals surface area (Å²) < 4.78 is 4.94. The normalized spacial score (nSPS) is 15.0. The fourth-order valence-electron chi connectivity index (χ4n) is 2.85. The van der Waals surface area contributed by atoms with Crippen molar-refractivity contribution in [3.63, 3.8) is 0 Å². The monoisotopic (exact) mass is 347 g/mol. The minimum atomic E-state index is -0.0714. The van der Waals surface area contributed by atoms with Crippen LogP contribution in [0, 0.1) is 5.92 Å². The van der Waals surface area contributed by atoms with Crippen LogP contribution in [0.5, 0.6) is 0 Å². The molecule has 2 rings (SSSR count). The zero-order chi connectivity index (χ0) is 18.1. The standard InChI is InChI=1S/C19H29N3O3/c1-15-7-10-22(11-8-15)19(24)16-5-3-6-17(13-16)21-14-18(23)20-9-4-12-25-2/h3,5-6,13,15,21H,4,7-12,14H2,1-2H3,(H,20,23). The number of hydrogen-bond donors (Lipinski definition) is 2. The number of anilines is 1. The molecule has 0 unspecified atom stereocenters. The molecule has 1 saturated heterocycles. The lowest BCUT2D eigenvalue weighted by Gasteiger charge is -2.30. The van der Waals surface area contributed by atoms with Gasteiger partial charge in [-0.1, -0.05) is 13.0 Å². The highest BCUT2D eigenvalue weighted by Gasteiger charge is 2.21. The van der Waals surface area contributed by atoms with E-state index >= 15 is 0 Å². The molecule has 1 fully saturated rings. The topological polar surface area (TPSA) is 70.7 Å². The first-order valence-electron chi connectivity index (χ1n) is 8.99. The van der Waals surface area contributed by atoms with Crippen molar-refractivity contribution in [3.05, 3.63) is 29.8 Å². The van der Waals surface area contributed by atoms with Gasteiger partial charge in [0.1, 0.15) is 0 Å². The van der Waals surface area contributed by atoms with E-state index in [1.165, 1.54) is 0 Å². The first kappa shape index (κ1) is 19.2. The van der Waals surface area contributed by atoms with E-state index in [0.717, 1.165) is 38.0 Å². The largest absolute Gasteiger partial charge is 0.385 e. The summed E-state index contributed by atoms with van der Waals surface area (Å²) in [5.74, 6) is 0.692. The van der Waals surface area contributed by atoms with Crippen molar-refractivity contribution in [3.8, 4) is 0 Å². The van der Waals surface area contributed by atoms with E-state index in [9.17, 15) is 9.59 Å². The molecule has 0 radical (unpaired) electrons. The van der Waals surface area contributed by atoms with Crippen LogP contribution in [0.15, 0.2) is 24.3 Å². The molecule has 25 heavy (non-hydrogen) atoms. The summed E-state index contributed by atoms with van der Waals surface area (Å²) in [6, 6.07) is 7.36. The Morgan fingerprint density at radius 3 is 2.76 bits per heavy atom. The predicted octanol–water partition coefficient (Wildman–Crippen LogP) is 2.12. The van der Waals surface area contributed by atoms with Gasteiger partial charge in [-0.15, -0.1) is 0 Å². The van der Waals surface area contributed by atoms with Gasteiger partial charge in [-0.2, -0.15) is 0 Å². The molecule has 1 heterocycles. The maximum Gasteiger partial charge on any atom is 0.253 e. The van der Waals surface area contributed by atoms with Crippen molar-refractivity contribution < 1.29 is 14.3 Å². The van der Waals surface area contributed by atoms with Crippen molar-refractivity contribution in [1.82, 2.24) is 10.2 Å². The highest BCUT2D eigenvalue weighted by molar-refractivity contribution is 5.95. The second kappa shape index (κ2) is 10.0. The van der Waals surface area contributed by atoms with Crippen LogP contribution in [0.1, 0.15) is 36.5 Å². The fraction of sp³-hybridized carbons (Fsp3) is 0.579. The van der Waals surface area contributed by atoms with Crippen molar-refractivity contribution in [2.24, 2.45) is 5.92 Å². The number of nitrogens with one attached hydrogen (secondary N) is 2. The summed E-state index contributed by atoms with van der Waals surface area (Å²) in [6.45, 7) is 5.29. The Bertz CT molecular complexity index is 569. The predicted molar refractivity (Wildman–Crippen MR) is 98.7 cm³/mol. The lowest BCUT2D eigenvalue weighted by Crippen LogP contribution is -2.37. The molecule has 1 aromatic rings. The molecule has 0 bridgehead atoms. The highest BCUT2D eigenvalue weighted by atomic mass is 16.5. The number of amides is 2. The number of rotatable bonds is 8. The fourth-order valence-corrected chi connectivity index (χ4v) is 2.85. The van der Waals surface area contributed by atoms with Gasteiger partial charge in [-0.3, -0.25) is 9.59 Å². The third-order valence-corrected chi connectivity index (χ3v) is 4.48. The van der Waals surface area contributed by atoms with Crippen molar-refractivity contribution >= 4 is 17.5 Å². The SMILES string of the molecule is COCCCNC(=O)CNc1cccc(C(=O)N2CCC(C)CC2)c1. The first-order chi connectivity index (χ1) is 12.1. The van der Waals surface area contributed by atoms with Crippen LogP contribution in [-0.4, -0.2) is 56.6 Å². The van der Waals surface area contributed by atoms with E-state index in [1.54, 1.807) is 7.11 Å². The molecule has 1 aliphatic rings. The highest BCUT2D eigenvalue weighted by Crippen LogP contribution is 2.19. The van der Waals surface area contributed by atoms with Gasteiger partial charge in [0.05, 0.1) is 6.54 Å². The average Bonchev–Trinajstić information content (AvgIpc) is 2.64. The third kappa shape index (κ3) is 6.38. The van der Waals surface area contributed by atoms with Gasteiger partial charge in [-0.25, -0.2) is 0 Å². The number of methoxy groups -OCH3 is 1. The number of carbonyl (C=O) groups is 2. The summed E-state index contributed by atoms with van der Waals surface area (Å²) in [5.41, 5.74) is 1.45. The molecule has 0 aliphatic carbocycles. The lowest BCUT2D eigenvalue weighted by atomic mass is 9.98.